The standard InChI is InChI=1S/C22H26O7/c1-2-3-4-5-6-21(27)28-14-10-17(24)15-12-19(26)22(29-20(15)11-14)13-7-8-16(23)18(25)9-13/h7-11,19,22-26H,2-6,12H2,1H3/t19-,22-/m1/s1. The molecule has 0 saturated heterocycles. The number of hydrogen-bond donors (Lipinski definition) is 4. The van der Waals surface area contributed by atoms with Crippen LogP contribution in [0.5, 0.6) is 28.7 Å². The molecule has 2 aromatic rings. The Morgan fingerprint density at radius 2 is 1.86 bits per heavy atom. The lowest BCUT2D eigenvalue weighted by molar-refractivity contribution is -0.134. The number of aliphatic hydroxyl groups excluding tert-OH is 1. The Morgan fingerprint density at radius 1 is 1.07 bits per heavy atom. The van der Waals surface area contributed by atoms with E-state index in [1.807, 2.05) is 0 Å². The molecular weight excluding hydrogens is 376 g/mol. The van der Waals surface area contributed by atoms with E-state index >= 15 is 0 Å². The lowest BCUT2D eigenvalue weighted by Gasteiger charge is -2.31. The highest BCUT2D eigenvalue weighted by Gasteiger charge is 2.32. The second kappa shape index (κ2) is 9.05. The number of carbonyl (C=O) groups excluding carboxylic acids is 1. The molecule has 29 heavy (non-hydrogen) atoms. The van der Waals surface area contributed by atoms with Crippen LogP contribution in [0.1, 0.15) is 56.3 Å². The minimum Gasteiger partial charge on any atom is -0.507 e. The van der Waals surface area contributed by atoms with Crippen LogP contribution in [0.3, 0.4) is 0 Å². The van der Waals surface area contributed by atoms with Gasteiger partial charge in [-0.05, 0) is 24.1 Å². The summed E-state index contributed by atoms with van der Waals surface area (Å²) in [5, 5.41) is 39.9. The summed E-state index contributed by atoms with van der Waals surface area (Å²) in [5.74, 6) is -0.631. The molecule has 1 aliphatic heterocycles. The summed E-state index contributed by atoms with van der Waals surface area (Å²) in [5.41, 5.74) is 0.885. The van der Waals surface area contributed by atoms with Crippen LogP contribution >= 0.6 is 0 Å². The second-order valence-corrected chi connectivity index (χ2v) is 7.26. The fourth-order valence-corrected chi connectivity index (χ4v) is 3.39. The average molecular weight is 402 g/mol. The maximum absolute atomic E-state index is 12.0. The fraction of sp³-hybridized carbons (Fsp3) is 0.409. The molecule has 2 aromatic carbocycles. The van der Waals surface area contributed by atoms with Crippen molar-refractivity contribution < 1.29 is 34.7 Å². The van der Waals surface area contributed by atoms with Crippen molar-refractivity contribution in [2.75, 3.05) is 0 Å². The average Bonchev–Trinajstić information content (AvgIpc) is 2.68. The van der Waals surface area contributed by atoms with Crippen LogP contribution < -0.4 is 9.47 Å². The van der Waals surface area contributed by atoms with Gasteiger partial charge in [0, 0.05) is 30.5 Å². The molecule has 0 spiro atoms. The molecule has 0 aliphatic carbocycles. The number of hydrogen-bond acceptors (Lipinski definition) is 7. The minimum absolute atomic E-state index is 0.123. The van der Waals surface area contributed by atoms with E-state index in [2.05, 4.69) is 6.92 Å². The molecule has 4 N–H and O–H groups in total. The Bertz CT molecular complexity index is 878. The molecule has 0 amide bonds. The van der Waals surface area contributed by atoms with Crippen LogP contribution in [0.2, 0.25) is 0 Å². The van der Waals surface area contributed by atoms with E-state index in [1.165, 1.54) is 30.3 Å². The van der Waals surface area contributed by atoms with Crippen LogP contribution in [0.15, 0.2) is 30.3 Å². The summed E-state index contributed by atoms with van der Waals surface area (Å²) in [4.78, 5) is 12.0. The van der Waals surface area contributed by atoms with E-state index in [0.717, 1.165) is 25.7 Å². The molecule has 0 fully saturated rings. The topological polar surface area (TPSA) is 116 Å². The summed E-state index contributed by atoms with van der Waals surface area (Å²) in [6, 6.07) is 7.01. The van der Waals surface area contributed by atoms with Crippen molar-refractivity contribution in [2.45, 2.75) is 57.7 Å². The molecule has 7 nitrogen and oxygen atoms in total. The number of fused-ring (bicyclic) bond motifs is 1. The molecule has 156 valence electrons. The van der Waals surface area contributed by atoms with E-state index in [9.17, 15) is 25.2 Å². The third-order valence-electron chi connectivity index (χ3n) is 4.97. The zero-order valence-corrected chi connectivity index (χ0v) is 16.3. The highest BCUT2D eigenvalue weighted by atomic mass is 16.5. The van der Waals surface area contributed by atoms with Crippen LogP contribution in [0.25, 0.3) is 0 Å². The summed E-state index contributed by atoms with van der Waals surface area (Å²) >= 11 is 0. The Balaban J connectivity index is 1.76. The van der Waals surface area contributed by atoms with Gasteiger partial charge in [-0.15, -0.1) is 0 Å². The minimum atomic E-state index is -0.968. The Morgan fingerprint density at radius 3 is 2.59 bits per heavy atom. The predicted octanol–water partition coefficient (Wildman–Crippen LogP) is 3.72. The van der Waals surface area contributed by atoms with Crippen LogP contribution in [-0.4, -0.2) is 32.5 Å². The van der Waals surface area contributed by atoms with Crippen molar-refractivity contribution in [3.05, 3.63) is 41.5 Å². The molecule has 0 unspecified atom stereocenters. The summed E-state index contributed by atoms with van der Waals surface area (Å²) in [6.45, 7) is 2.10. The number of carbonyl (C=O) groups is 1. The van der Waals surface area contributed by atoms with E-state index < -0.39 is 12.2 Å². The summed E-state index contributed by atoms with van der Waals surface area (Å²) < 4.78 is 11.2. The molecule has 0 bridgehead atoms. The van der Waals surface area contributed by atoms with Gasteiger partial charge in [-0.2, -0.15) is 0 Å². The number of benzene rings is 2. The summed E-state index contributed by atoms with van der Waals surface area (Å²) in [6.07, 6.45) is 2.50. The van der Waals surface area contributed by atoms with Crippen LogP contribution in [0, 0.1) is 0 Å². The molecule has 0 saturated carbocycles. The Hall–Kier alpha value is -2.93. The first-order valence-electron chi connectivity index (χ1n) is 9.82. The van der Waals surface area contributed by atoms with Gasteiger partial charge in [-0.25, -0.2) is 0 Å². The predicted molar refractivity (Wildman–Crippen MR) is 105 cm³/mol. The van der Waals surface area contributed by atoms with Crippen molar-refractivity contribution >= 4 is 5.97 Å². The molecule has 1 aliphatic rings. The van der Waals surface area contributed by atoms with Gasteiger partial charge in [0.25, 0.3) is 0 Å². The lowest BCUT2D eigenvalue weighted by Crippen LogP contribution is -2.30. The van der Waals surface area contributed by atoms with Gasteiger partial charge >= 0.3 is 5.97 Å². The van der Waals surface area contributed by atoms with Gasteiger partial charge in [-0.3, -0.25) is 4.79 Å². The zero-order valence-electron chi connectivity index (χ0n) is 16.3. The van der Waals surface area contributed by atoms with E-state index in [0.29, 0.717) is 23.3 Å². The van der Waals surface area contributed by atoms with Gasteiger partial charge in [0.1, 0.15) is 23.4 Å². The molecule has 2 atom stereocenters. The summed E-state index contributed by atoms with van der Waals surface area (Å²) in [7, 11) is 0. The molecule has 0 radical (unpaired) electrons. The number of ether oxygens (including phenoxy) is 2. The number of esters is 1. The number of rotatable bonds is 7. The van der Waals surface area contributed by atoms with Crippen LogP contribution in [0.4, 0.5) is 0 Å². The lowest BCUT2D eigenvalue weighted by atomic mass is 9.94. The monoisotopic (exact) mass is 402 g/mol. The Kier molecular flexibility index (Phi) is 6.49. The SMILES string of the molecule is CCCCCCC(=O)Oc1cc(O)c2c(c1)O[C@H](c1ccc(O)c(O)c1)[C@H](O)C2. The fourth-order valence-electron chi connectivity index (χ4n) is 3.39. The second-order valence-electron chi connectivity index (χ2n) is 7.26. The van der Waals surface area contributed by atoms with Crippen molar-refractivity contribution in [2.24, 2.45) is 0 Å². The number of unbranched alkanes of at least 4 members (excludes halogenated alkanes) is 3. The van der Waals surface area contributed by atoms with Crippen molar-refractivity contribution in [1.29, 1.82) is 0 Å². The molecule has 1 heterocycles. The zero-order chi connectivity index (χ0) is 21.0. The quantitative estimate of drug-likeness (QED) is 0.241. The van der Waals surface area contributed by atoms with Gasteiger partial charge in [0.05, 0.1) is 6.10 Å². The normalized spacial score (nSPS) is 18.0. The largest absolute Gasteiger partial charge is 0.507 e. The highest BCUT2D eigenvalue weighted by Crippen LogP contribution is 2.43. The maximum atomic E-state index is 12.0. The highest BCUT2D eigenvalue weighted by molar-refractivity contribution is 5.73. The number of phenolic OH excluding ortho intramolecular Hbond substituents is 3. The first-order valence-corrected chi connectivity index (χ1v) is 9.82. The van der Waals surface area contributed by atoms with Crippen LogP contribution in [-0.2, 0) is 11.2 Å². The smallest absolute Gasteiger partial charge is 0.311 e. The van der Waals surface area contributed by atoms with Gasteiger partial charge in [-0.1, -0.05) is 32.3 Å². The molecule has 3 rings (SSSR count). The number of aliphatic hydroxyl groups is 1. The van der Waals surface area contributed by atoms with Crippen molar-refractivity contribution in [3.63, 3.8) is 0 Å². The third kappa shape index (κ3) is 4.92. The molecule has 0 aromatic heterocycles. The van der Waals surface area contributed by atoms with Gasteiger partial charge < -0.3 is 29.9 Å². The molecular formula is C22H26O7. The number of aromatic hydroxyl groups is 3. The van der Waals surface area contributed by atoms with Gasteiger partial charge in [0.2, 0.25) is 0 Å². The first kappa shape index (κ1) is 20.8. The van der Waals surface area contributed by atoms with E-state index in [1.54, 1.807) is 0 Å². The third-order valence-corrected chi connectivity index (χ3v) is 4.97. The Labute approximate surface area is 169 Å². The maximum Gasteiger partial charge on any atom is 0.311 e. The van der Waals surface area contributed by atoms with Crippen molar-refractivity contribution in [3.8, 4) is 28.7 Å². The number of phenols is 3. The molecule has 7 heteroatoms. The first-order chi connectivity index (χ1) is 13.9. The van der Waals surface area contributed by atoms with Crippen molar-refractivity contribution in [1.82, 2.24) is 0 Å². The van der Waals surface area contributed by atoms with E-state index in [-0.39, 0.29) is 35.4 Å². The van der Waals surface area contributed by atoms with E-state index in [4.69, 9.17) is 9.47 Å². The van der Waals surface area contributed by atoms with Gasteiger partial charge in [0.15, 0.2) is 11.5 Å².